The van der Waals surface area contributed by atoms with Crippen molar-refractivity contribution in [1.29, 1.82) is 0 Å². The Bertz CT molecular complexity index is 467. The number of hydrogen-bond donors (Lipinski definition) is 1. The Labute approximate surface area is 102 Å². The number of carbonyl (C=O) groups is 1. The van der Waals surface area contributed by atoms with Crippen LogP contribution in [0.1, 0.15) is 10.5 Å². The molecule has 0 fully saturated rings. The average molecular weight is 253 g/mol. The zero-order valence-electron chi connectivity index (χ0n) is 8.31. The number of aromatic amines is 1. The lowest BCUT2D eigenvalue weighted by molar-refractivity contribution is 0.101. The number of carbonyl (C=O) groups excluding carboxylic acids is 1. The van der Waals surface area contributed by atoms with Gasteiger partial charge in [0, 0.05) is 12.4 Å². The number of aromatic nitrogens is 2. The van der Waals surface area contributed by atoms with Crippen molar-refractivity contribution in [2.24, 2.45) is 0 Å². The van der Waals surface area contributed by atoms with E-state index in [1.54, 1.807) is 36.7 Å². The summed E-state index contributed by atoms with van der Waals surface area (Å²) in [6.07, 6.45) is 3.31. The van der Waals surface area contributed by atoms with E-state index in [2.05, 4.69) is 9.97 Å². The third-order valence-corrected chi connectivity index (χ3v) is 3.12. The normalized spacial score (nSPS) is 10.3. The fourth-order valence-corrected chi connectivity index (χ4v) is 2.01. The van der Waals surface area contributed by atoms with Gasteiger partial charge in [-0.1, -0.05) is 23.4 Å². The van der Waals surface area contributed by atoms with Crippen LogP contribution >= 0.6 is 23.4 Å². The van der Waals surface area contributed by atoms with E-state index in [0.29, 0.717) is 16.5 Å². The van der Waals surface area contributed by atoms with E-state index in [1.807, 2.05) is 0 Å². The zero-order chi connectivity index (χ0) is 11.4. The smallest absolute Gasteiger partial charge is 0.189 e. The fourth-order valence-electron chi connectivity index (χ4n) is 1.17. The third kappa shape index (κ3) is 2.87. The molecule has 0 saturated carbocycles. The number of rotatable bonds is 4. The van der Waals surface area contributed by atoms with Gasteiger partial charge in [0.05, 0.1) is 21.5 Å². The fraction of sp³-hybridized carbons (Fsp3) is 0.0909. The number of ketones is 1. The van der Waals surface area contributed by atoms with Crippen LogP contribution < -0.4 is 0 Å². The van der Waals surface area contributed by atoms with Crippen molar-refractivity contribution >= 4 is 29.1 Å². The molecule has 0 aliphatic heterocycles. The quantitative estimate of drug-likeness (QED) is 0.672. The van der Waals surface area contributed by atoms with Gasteiger partial charge in [-0.25, -0.2) is 4.98 Å². The molecule has 1 N–H and O–H groups in total. The van der Waals surface area contributed by atoms with Crippen LogP contribution in [0.4, 0.5) is 0 Å². The third-order valence-electron chi connectivity index (χ3n) is 1.95. The highest BCUT2D eigenvalue weighted by molar-refractivity contribution is 7.99. The molecule has 3 nitrogen and oxygen atoms in total. The maximum atomic E-state index is 11.6. The molecule has 0 amide bonds. The molecule has 0 saturated heterocycles. The van der Waals surface area contributed by atoms with Crippen LogP contribution in [-0.4, -0.2) is 21.5 Å². The van der Waals surface area contributed by atoms with Crippen LogP contribution in [0.25, 0.3) is 0 Å². The predicted octanol–water partition coefficient (Wildman–Crippen LogP) is 3.04. The van der Waals surface area contributed by atoms with Crippen molar-refractivity contribution in [2.45, 2.75) is 5.03 Å². The molecule has 0 aliphatic carbocycles. The second-order valence-corrected chi connectivity index (χ2v) is 4.54. The number of halogens is 1. The molecule has 2 aromatic heterocycles. The van der Waals surface area contributed by atoms with Gasteiger partial charge in [0.15, 0.2) is 5.78 Å². The minimum Gasteiger partial charge on any atom is -0.359 e. The summed E-state index contributed by atoms with van der Waals surface area (Å²) in [6, 6.07) is 7.13. The molecule has 0 spiro atoms. The standard InChI is InChI=1S/C11H9ClN2OS/c12-8-3-4-11(14-6-8)16-7-10(15)9-2-1-5-13-9/h1-6,13H,7H2. The molecule has 0 unspecified atom stereocenters. The molecule has 16 heavy (non-hydrogen) atoms. The molecule has 82 valence electrons. The van der Waals surface area contributed by atoms with Gasteiger partial charge in [-0.3, -0.25) is 4.79 Å². The van der Waals surface area contributed by atoms with Gasteiger partial charge in [0.1, 0.15) is 0 Å². The van der Waals surface area contributed by atoms with E-state index in [4.69, 9.17) is 11.6 Å². The zero-order valence-corrected chi connectivity index (χ0v) is 9.89. The lowest BCUT2D eigenvalue weighted by atomic mass is 10.3. The molecule has 0 atom stereocenters. The maximum Gasteiger partial charge on any atom is 0.189 e. The highest BCUT2D eigenvalue weighted by Gasteiger charge is 2.07. The average Bonchev–Trinajstić information content (AvgIpc) is 2.81. The van der Waals surface area contributed by atoms with Crippen LogP contribution in [0, 0.1) is 0 Å². The first-order valence-corrected chi connectivity index (χ1v) is 6.03. The van der Waals surface area contributed by atoms with Crippen molar-refractivity contribution in [2.75, 3.05) is 5.75 Å². The van der Waals surface area contributed by atoms with Gasteiger partial charge in [0.25, 0.3) is 0 Å². The van der Waals surface area contributed by atoms with Gasteiger partial charge in [-0.2, -0.15) is 0 Å². The summed E-state index contributed by atoms with van der Waals surface area (Å²) >= 11 is 7.11. The minimum atomic E-state index is 0.0618. The summed E-state index contributed by atoms with van der Waals surface area (Å²) in [7, 11) is 0. The molecule has 5 heteroatoms. The van der Waals surface area contributed by atoms with Gasteiger partial charge in [-0.15, -0.1) is 0 Å². The van der Waals surface area contributed by atoms with Crippen LogP contribution in [-0.2, 0) is 0 Å². The van der Waals surface area contributed by atoms with Gasteiger partial charge in [-0.05, 0) is 24.3 Å². The highest BCUT2D eigenvalue weighted by atomic mass is 35.5. The molecule has 2 aromatic rings. The van der Waals surface area contributed by atoms with E-state index in [-0.39, 0.29) is 5.78 Å². The van der Waals surface area contributed by atoms with Crippen LogP contribution in [0.2, 0.25) is 5.02 Å². The Morgan fingerprint density at radius 1 is 1.44 bits per heavy atom. The van der Waals surface area contributed by atoms with E-state index < -0.39 is 0 Å². The van der Waals surface area contributed by atoms with Crippen molar-refractivity contribution in [3.63, 3.8) is 0 Å². The van der Waals surface area contributed by atoms with Gasteiger partial charge in [0.2, 0.25) is 0 Å². The second kappa shape index (κ2) is 5.18. The largest absolute Gasteiger partial charge is 0.359 e. The summed E-state index contributed by atoms with van der Waals surface area (Å²) in [5, 5.41) is 1.39. The highest BCUT2D eigenvalue weighted by Crippen LogP contribution is 2.18. The molecular weight excluding hydrogens is 244 g/mol. The molecule has 0 aliphatic rings. The van der Waals surface area contributed by atoms with Crippen molar-refractivity contribution in [1.82, 2.24) is 9.97 Å². The van der Waals surface area contributed by atoms with E-state index in [9.17, 15) is 4.79 Å². The second-order valence-electron chi connectivity index (χ2n) is 3.11. The lowest BCUT2D eigenvalue weighted by Crippen LogP contribution is -2.02. The Morgan fingerprint density at radius 2 is 2.31 bits per heavy atom. The van der Waals surface area contributed by atoms with Crippen LogP contribution in [0.5, 0.6) is 0 Å². The number of pyridine rings is 1. The van der Waals surface area contributed by atoms with E-state index in [1.165, 1.54) is 11.8 Å². The van der Waals surface area contributed by atoms with E-state index in [0.717, 1.165) is 5.03 Å². The lowest BCUT2D eigenvalue weighted by Gasteiger charge is -1.99. The minimum absolute atomic E-state index is 0.0618. The number of Topliss-reactive ketones (excluding diaryl/α,β-unsaturated/α-hetero) is 1. The first-order chi connectivity index (χ1) is 7.75. The van der Waals surface area contributed by atoms with Crippen molar-refractivity contribution in [3.05, 3.63) is 47.4 Å². The summed E-state index contributed by atoms with van der Waals surface area (Å²) in [4.78, 5) is 18.6. The number of nitrogens with one attached hydrogen (secondary N) is 1. The molecular formula is C11H9ClN2OS. The monoisotopic (exact) mass is 252 g/mol. The van der Waals surface area contributed by atoms with Crippen LogP contribution in [0.15, 0.2) is 41.7 Å². The molecule has 0 radical (unpaired) electrons. The SMILES string of the molecule is O=C(CSc1ccc(Cl)cn1)c1ccc[nH]1. The maximum absolute atomic E-state index is 11.6. The summed E-state index contributed by atoms with van der Waals surface area (Å²) < 4.78 is 0. The van der Waals surface area contributed by atoms with E-state index >= 15 is 0 Å². The first-order valence-electron chi connectivity index (χ1n) is 4.66. The Balaban J connectivity index is 1.93. The number of H-pyrrole nitrogens is 1. The van der Waals surface area contributed by atoms with Gasteiger partial charge < -0.3 is 4.98 Å². The molecule has 2 heterocycles. The number of thioether (sulfide) groups is 1. The van der Waals surface area contributed by atoms with Crippen molar-refractivity contribution < 1.29 is 4.79 Å². The van der Waals surface area contributed by atoms with Crippen LogP contribution in [0.3, 0.4) is 0 Å². The van der Waals surface area contributed by atoms with Crippen molar-refractivity contribution in [3.8, 4) is 0 Å². The Kier molecular flexibility index (Phi) is 3.64. The number of hydrogen-bond acceptors (Lipinski definition) is 3. The summed E-state index contributed by atoms with van der Waals surface area (Å²) in [5.74, 6) is 0.432. The Hall–Kier alpha value is -1.26. The summed E-state index contributed by atoms with van der Waals surface area (Å²) in [6.45, 7) is 0. The first kappa shape index (κ1) is 11.2. The molecule has 2 rings (SSSR count). The molecule has 0 bridgehead atoms. The number of nitrogens with zero attached hydrogens (tertiary/aromatic N) is 1. The molecule has 0 aromatic carbocycles. The topological polar surface area (TPSA) is 45.8 Å². The summed E-state index contributed by atoms with van der Waals surface area (Å²) in [5.41, 5.74) is 0.626. The van der Waals surface area contributed by atoms with Gasteiger partial charge >= 0.3 is 0 Å². The Morgan fingerprint density at radius 3 is 2.94 bits per heavy atom. The predicted molar refractivity (Wildman–Crippen MR) is 65.1 cm³/mol.